The van der Waals surface area contributed by atoms with Crippen LogP contribution in [0.1, 0.15) is 17.3 Å². The smallest absolute Gasteiger partial charge is 0.241 e. The van der Waals surface area contributed by atoms with Gasteiger partial charge in [-0.2, -0.15) is 0 Å². The number of halogens is 1. The van der Waals surface area contributed by atoms with Crippen LogP contribution in [-0.4, -0.2) is 43.3 Å². The summed E-state index contributed by atoms with van der Waals surface area (Å²) in [5, 5.41) is 0. The molecule has 1 aliphatic heterocycles. The number of carbonyl (C=O) groups is 2. The monoisotopic (exact) mass is 250 g/mol. The van der Waals surface area contributed by atoms with Crippen molar-refractivity contribution in [3.8, 4) is 0 Å². The summed E-state index contributed by atoms with van der Waals surface area (Å²) in [5.41, 5.74) is 0.568. The number of carbonyl (C=O) groups excluding carboxylic acids is 2. The highest BCUT2D eigenvalue weighted by molar-refractivity contribution is 6.00. The summed E-state index contributed by atoms with van der Waals surface area (Å²) in [6.45, 7) is 2.57. The molecular weight excluding hydrogens is 235 g/mol. The number of benzene rings is 1. The second kappa shape index (κ2) is 4.76. The van der Waals surface area contributed by atoms with E-state index in [1.807, 2.05) is 0 Å². The van der Waals surface area contributed by atoms with E-state index in [9.17, 15) is 14.0 Å². The van der Waals surface area contributed by atoms with Crippen LogP contribution in [0, 0.1) is 5.82 Å². The van der Waals surface area contributed by atoms with Crippen molar-refractivity contribution in [3.05, 3.63) is 29.6 Å². The molecule has 1 aliphatic rings. The second-order valence-electron chi connectivity index (χ2n) is 4.43. The van der Waals surface area contributed by atoms with E-state index < -0.39 is 5.82 Å². The lowest BCUT2D eigenvalue weighted by Gasteiger charge is -2.34. The van der Waals surface area contributed by atoms with E-state index >= 15 is 0 Å². The summed E-state index contributed by atoms with van der Waals surface area (Å²) < 4.78 is 13.9. The average Bonchev–Trinajstić information content (AvgIpc) is 2.32. The largest absolute Gasteiger partial charge is 0.357 e. The normalized spacial score (nSPS) is 16.1. The highest BCUT2D eigenvalue weighted by atomic mass is 19.1. The fourth-order valence-corrected chi connectivity index (χ4v) is 2.07. The summed E-state index contributed by atoms with van der Waals surface area (Å²) in [6.07, 6.45) is 0. The van der Waals surface area contributed by atoms with Gasteiger partial charge in [-0.15, -0.1) is 0 Å². The van der Waals surface area contributed by atoms with E-state index in [1.165, 1.54) is 19.1 Å². The maximum absolute atomic E-state index is 13.9. The maximum atomic E-state index is 13.9. The zero-order valence-electron chi connectivity index (χ0n) is 10.4. The molecule has 0 spiro atoms. The summed E-state index contributed by atoms with van der Waals surface area (Å²) in [5.74, 6) is -0.727. The Bertz CT molecular complexity index is 502. The third kappa shape index (κ3) is 2.20. The summed E-state index contributed by atoms with van der Waals surface area (Å²) in [6, 6.07) is 4.40. The van der Waals surface area contributed by atoms with E-state index in [0.717, 1.165) is 0 Å². The molecule has 4 nitrogen and oxygen atoms in total. The minimum absolute atomic E-state index is 0.0704. The fourth-order valence-electron chi connectivity index (χ4n) is 2.07. The molecule has 0 saturated carbocycles. The second-order valence-corrected chi connectivity index (χ2v) is 4.43. The number of Topliss-reactive ketones (excluding diaryl/α,β-unsaturated/α-hetero) is 1. The number of rotatable bonds is 2. The van der Waals surface area contributed by atoms with Gasteiger partial charge in [0.1, 0.15) is 5.82 Å². The molecule has 5 heteroatoms. The summed E-state index contributed by atoms with van der Waals surface area (Å²) in [7, 11) is 1.72. The van der Waals surface area contributed by atoms with Crippen LogP contribution in [0.3, 0.4) is 0 Å². The van der Waals surface area contributed by atoms with Crippen molar-refractivity contribution >= 4 is 17.4 Å². The molecule has 1 fully saturated rings. The fraction of sp³-hybridized carbons (Fsp3) is 0.385. The molecule has 96 valence electrons. The highest BCUT2D eigenvalue weighted by Crippen LogP contribution is 2.26. The van der Waals surface area contributed by atoms with Crippen LogP contribution < -0.4 is 4.90 Å². The van der Waals surface area contributed by atoms with Gasteiger partial charge in [0.25, 0.3) is 0 Å². The number of piperazine rings is 1. The Kier molecular flexibility index (Phi) is 3.32. The molecule has 0 bridgehead atoms. The van der Waals surface area contributed by atoms with Crippen molar-refractivity contribution in [2.75, 3.05) is 31.6 Å². The minimum Gasteiger partial charge on any atom is -0.357 e. The van der Waals surface area contributed by atoms with Gasteiger partial charge in [-0.25, -0.2) is 4.39 Å². The van der Waals surface area contributed by atoms with E-state index in [2.05, 4.69) is 0 Å². The molecule has 1 amide bonds. The van der Waals surface area contributed by atoms with Gasteiger partial charge in [0.05, 0.1) is 12.2 Å². The predicted octanol–water partition coefficient (Wildman–Crippen LogP) is 1.31. The molecule has 0 unspecified atom stereocenters. The number of amides is 1. The van der Waals surface area contributed by atoms with Crippen LogP contribution in [-0.2, 0) is 4.79 Å². The lowest BCUT2D eigenvalue weighted by molar-refractivity contribution is -0.129. The average molecular weight is 250 g/mol. The Labute approximate surface area is 105 Å². The SMILES string of the molecule is CC(=O)c1cccc(F)c1N1CCN(C)C(=O)C1. The number of likely N-dealkylation sites (N-methyl/N-ethyl adjacent to an activating group) is 1. The van der Waals surface area contributed by atoms with Crippen LogP contribution in [0.5, 0.6) is 0 Å². The molecule has 0 atom stereocenters. The topological polar surface area (TPSA) is 40.6 Å². The molecule has 2 rings (SSSR count). The number of para-hydroxylation sites is 1. The number of hydrogen-bond acceptors (Lipinski definition) is 3. The molecule has 0 aromatic heterocycles. The van der Waals surface area contributed by atoms with Gasteiger partial charge in [-0.05, 0) is 19.1 Å². The lowest BCUT2D eigenvalue weighted by Crippen LogP contribution is -2.49. The number of ketones is 1. The lowest BCUT2D eigenvalue weighted by atomic mass is 10.1. The van der Waals surface area contributed by atoms with Crippen molar-refractivity contribution in [1.82, 2.24) is 4.90 Å². The van der Waals surface area contributed by atoms with Gasteiger partial charge in [0.2, 0.25) is 5.91 Å². The van der Waals surface area contributed by atoms with Crippen molar-refractivity contribution in [1.29, 1.82) is 0 Å². The van der Waals surface area contributed by atoms with E-state index in [1.54, 1.807) is 22.9 Å². The van der Waals surface area contributed by atoms with Gasteiger partial charge < -0.3 is 9.80 Å². The highest BCUT2D eigenvalue weighted by Gasteiger charge is 2.25. The Morgan fingerprint density at radius 3 is 2.67 bits per heavy atom. The first-order valence-electron chi connectivity index (χ1n) is 5.79. The summed E-state index contributed by atoms with van der Waals surface area (Å²) in [4.78, 5) is 26.4. The number of hydrogen-bond donors (Lipinski definition) is 0. The Hall–Kier alpha value is -1.91. The maximum Gasteiger partial charge on any atom is 0.241 e. The van der Waals surface area contributed by atoms with Crippen LogP contribution in [0.15, 0.2) is 18.2 Å². The van der Waals surface area contributed by atoms with Gasteiger partial charge >= 0.3 is 0 Å². The van der Waals surface area contributed by atoms with Crippen LogP contribution in [0.25, 0.3) is 0 Å². The van der Waals surface area contributed by atoms with Crippen LogP contribution >= 0.6 is 0 Å². The molecular formula is C13H15FN2O2. The van der Waals surface area contributed by atoms with Gasteiger partial charge in [0.15, 0.2) is 5.78 Å². The molecule has 1 heterocycles. The van der Waals surface area contributed by atoms with Gasteiger partial charge in [0, 0.05) is 25.7 Å². The zero-order valence-corrected chi connectivity index (χ0v) is 10.4. The van der Waals surface area contributed by atoms with Crippen molar-refractivity contribution < 1.29 is 14.0 Å². The zero-order chi connectivity index (χ0) is 13.3. The van der Waals surface area contributed by atoms with Crippen LogP contribution in [0.4, 0.5) is 10.1 Å². The third-order valence-electron chi connectivity index (χ3n) is 3.14. The van der Waals surface area contributed by atoms with Crippen LogP contribution in [0.2, 0.25) is 0 Å². The number of nitrogens with zero attached hydrogens (tertiary/aromatic N) is 2. The Morgan fingerprint density at radius 1 is 1.33 bits per heavy atom. The molecule has 1 saturated heterocycles. The molecule has 0 N–H and O–H groups in total. The summed E-state index contributed by atoms with van der Waals surface area (Å²) >= 11 is 0. The molecule has 18 heavy (non-hydrogen) atoms. The number of anilines is 1. The van der Waals surface area contributed by atoms with E-state index in [-0.39, 0.29) is 23.9 Å². The first-order chi connectivity index (χ1) is 8.50. The van der Waals surface area contributed by atoms with Crippen molar-refractivity contribution in [2.24, 2.45) is 0 Å². The van der Waals surface area contributed by atoms with E-state index in [4.69, 9.17) is 0 Å². The molecule has 1 aromatic carbocycles. The van der Waals surface area contributed by atoms with Gasteiger partial charge in [-0.3, -0.25) is 9.59 Å². The minimum atomic E-state index is -0.458. The molecule has 0 aliphatic carbocycles. The Morgan fingerprint density at radius 2 is 2.06 bits per heavy atom. The first kappa shape index (κ1) is 12.5. The molecule has 0 radical (unpaired) electrons. The quantitative estimate of drug-likeness (QED) is 0.743. The Balaban J connectivity index is 2.39. The van der Waals surface area contributed by atoms with Gasteiger partial charge in [-0.1, -0.05) is 6.07 Å². The first-order valence-corrected chi connectivity index (χ1v) is 5.79. The molecule has 1 aromatic rings. The predicted molar refractivity (Wildman–Crippen MR) is 66.3 cm³/mol. The van der Waals surface area contributed by atoms with Crippen molar-refractivity contribution in [2.45, 2.75) is 6.92 Å². The third-order valence-corrected chi connectivity index (χ3v) is 3.14. The standard InChI is InChI=1S/C13H15FN2O2/c1-9(17)10-4-3-5-11(14)13(10)16-7-6-15(2)12(18)8-16/h3-5H,6-8H2,1-2H3. The van der Waals surface area contributed by atoms with E-state index in [0.29, 0.717) is 18.7 Å². The van der Waals surface area contributed by atoms with Crippen molar-refractivity contribution in [3.63, 3.8) is 0 Å².